The van der Waals surface area contributed by atoms with Crippen LogP contribution in [0, 0.1) is 0 Å². The van der Waals surface area contributed by atoms with Gasteiger partial charge in [-0.15, -0.1) is 0 Å². The zero-order valence-corrected chi connectivity index (χ0v) is 16.4. The quantitative estimate of drug-likeness (QED) is 0.382. The van der Waals surface area contributed by atoms with Crippen LogP contribution in [-0.4, -0.2) is 32.2 Å². The number of nitrogens with one attached hydrogen (secondary N) is 1. The van der Waals surface area contributed by atoms with Crippen LogP contribution in [0.5, 0.6) is 0 Å². The van der Waals surface area contributed by atoms with Gasteiger partial charge in [-0.05, 0) is 16.7 Å². The third-order valence-corrected chi connectivity index (χ3v) is 4.86. The molecule has 0 aromatic heterocycles. The van der Waals surface area contributed by atoms with Crippen molar-refractivity contribution in [1.29, 1.82) is 0 Å². The second-order valence-corrected chi connectivity index (χ2v) is 6.47. The summed E-state index contributed by atoms with van der Waals surface area (Å²) in [6.45, 7) is 0. The Kier molecular flexibility index (Phi) is 6.42. The highest BCUT2D eigenvalue weighted by Gasteiger charge is 2.43. The Balaban J connectivity index is 2.30. The monoisotopic (exact) mass is 389 g/mol. The third kappa shape index (κ3) is 4.05. The third-order valence-electron chi connectivity index (χ3n) is 4.86. The van der Waals surface area contributed by atoms with Crippen LogP contribution in [0.2, 0.25) is 0 Å². The van der Waals surface area contributed by atoms with E-state index in [0.717, 1.165) is 16.7 Å². The van der Waals surface area contributed by atoms with Gasteiger partial charge >= 0.3 is 11.9 Å². The van der Waals surface area contributed by atoms with E-state index in [9.17, 15) is 9.59 Å². The second-order valence-electron chi connectivity index (χ2n) is 6.47. The highest BCUT2D eigenvalue weighted by Crippen LogP contribution is 2.37. The van der Waals surface area contributed by atoms with Crippen molar-refractivity contribution in [2.75, 3.05) is 14.2 Å². The maximum Gasteiger partial charge on any atom is 0.334 e. The zero-order chi connectivity index (χ0) is 20.7. The average molecular weight is 389 g/mol. The van der Waals surface area contributed by atoms with E-state index in [-0.39, 0.29) is 0 Å². The topological polar surface area (TPSA) is 64.6 Å². The van der Waals surface area contributed by atoms with Crippen LogP contribution in [0.25, 0.3) is 0 Å². The van der Waals surface area contributed by atoms with Crippen molar-refractivity contribution < 1.29 is 19.1 Å². The fraction of sp³-hybridized carbons (Fsp3) is 0.167. The maximum absolute atomic E-state index is 12.5. The highest BCUT2D eigenvalue weighted by molar-refractivity contribution is 5.99. The molecule has 0 spiro atoms. The summed E-state index contributed by atoms with van der Waals surface area (Å²) >= 11 is 0. The van der Waals surface area contributed by atoms with Crippen LogP contribution in [0.4, 0.5) is 0 Å². The molecule has 1 N–H and O–H groups in total. The molecule has 0 aliphatic rings. The second kappa shape index (κ2) is 9.17. The van der Waals surface area contributed by atoms with Gasteiger partial charge in [-0.25, -0.2) is 9.59 Å². The van der Waals surface area contributed by atoms with E-state index in [1.54, 1.807) is 0 Å². The molecule has 3 aromatic carbocycles. The molecule has 0 aliphatic carbocycles. The van der Waals surface area contributed by atoms with Crippen molar-refractivity contribution in [3.05, 3.63) is 108 Å². The molecule has 0 heterocycles. The molecule has 3 aromatic rings. The first kappa shape index (κ1) is 20.3. The van der Waals surface area contributed by atoms with Gasteiger partial charge in [0.25, 0.3) is 0 Å². The summed E-state index contributed by atoms with van der Waals surface area (Å²) in [7, 11) is 2.49. The number of methoxy groups -OCH3 is 2. The predicted molar refractivity (Wildman–Crippen MR) is 110 cm³/mol. The number of ether oxygens (including phenoxy) is 2. The summed E-state index contributed by atoms with van der Waals surface area (Å²) < 4.78 is 9.77. The molecular weight excluding hydrogens is 366 g/mol. The van der Waals surface area contributed by atoms with Crippen molar-refractivity contribution in [2.45, 2.75) is 11.6 Å². The minimum atomic E-state index is -1.31. The van der Waals surface area contributed by atoms with Gasteiger partial charge in [-0.2, -0.15) is 0 Å². The standard InChI is InChI=1S/C24H23NO4/c1-28-22(26)21(23(27)29-2)25-24(18-12-6-3-7-13-18,19-14-8-4-9-15-19)20-16-10-5-11-17-20/h3-17,21,25H,1-2H3. The number of esters is 2. The summed E-state index contributed by atoms with van der Waals surface area (Å²) in [4.78, 5) is 25.0. The van der Waals surface area contributed by atoms with Gasteiger partial charge in [0.2, 0.25) is 6.04 Å². The molecule has 0 aliphatic heterocycles. The van der Waals surface area contributed by atoms with E-state index in [1.165, 1.54) is 14.2 Å². The lowest BCUT2D eigenvalue weighted by Crippen LogP contribution is -2.56. The van der Waals surface area contributed by atoms with Crippen molar-refractivity contribution in [3.8, 4) is 0 Å². The lowest BCUT2D eigenvalue weighted by atomic mass is 9.76. The van der Waals surface area contributed by atoms with E-state index in [2.05, 4.69) is 5.32 Å². The van der Waals surface area contributed by atoms with Gasteiger partial charge in [-0.1, -0.05) is 91.0 Å². The molecule has 0 saturated heterocycles. The lowest BCUT2D eigenvalue weighted by molar-refractivity contribution is -0.155. The maximum atomic E-state index is 12.5. The Bertz CT molecular complexity index is 830. The van der Waals surface area contributed by atoms with Crippen LogP contribution in [0.15, 0.2) is 91.0 Å². The first-order valence-electron chi connectivity index (χ1n) is 9.23. The molecule has 0 atom stereocenters. The Morgan fingerprint density at radius 2 is 0.966 bits per heavy atom. The zero-order valence-electron chi connectivity index (χ0n) is 16.4. The minimum Gasteiger partial charge on any atom is -0.467 e. The minimum absolute atomic E-state index is 0.719. The molecule has 0 saturated carbocycles. The Labute approximate surface area is 170 Å². The van der Waals surface area contributed by atoms with Crippen LogP contribution in [0.3, 0.4) is 0 Å². The molecule has 0 unspecified atom stereocenters. The number of hydrogen-bond donors (Lipinski definition) is 1. The number of benzene rings is 3. The van der Waals surface area contributed by atoms with Gasteiger partial charge in [0, 0.05) is 0 Å². The summed E-state index contributed by atoms with van der Waals surface area (Å²) in [6, 6.07) is 27.7. The lowest BCUT2D eigenvalue weighted by Gasteiger charge is -2.38. The Morgan fingerprint density at radius 1 is 0.655 bits per heavy atom. The molecule has 0 bridgehead atoms. The molecule has 5 nitrogen and oxygen atoms in total. The fourth-order valence-corrected chi connectivity index (χ4v) is 3.48. The van der Waals surface area contributed by atoms with Gasteiger partial charge in [0.05, 0.1) is 19.8 Å². The molecule has 3 rings (SSSR count). The molecule has 5 heteroatoms. The van der Waals surface area contributed by atoms with Crippen LogP contribution >= 0.6 is 0 Å². The molecule has 0 radical (unpaired) electrons. The number of hydrogen-bond acceptors (Lipinski definition) is 5. The van der Waals surface area contributed by atoms with Crippen molar-refractivity contribution in [3.63, 3.8) is 0 Å². The van der Waals surface area contributed by atoms with E-state index in [0.29, 0.717) is 0 Å². The highest BCUT2D eigenvalue weighted by atomic mass is 16.5. The summed E-state index contributed by atoms with van der Waals surface area (Å²) in [5.41, 5.74) is 1.62. The number of carbonyl (C=O) groups excluding carboxylic acids is 2. The van der Waals surface area contributed by atoms with Gasteiger partial charge < -0.3 is 9.47 Å². The molecule has 0 amide bonds. The number of rotatable bonds is 7. The SMILES string of the molecule is COC(=O)C(NC(c1ccccc1)(c1ccccc1)c1ccccc1)C(=O)OC. The van der Waals surface area contributed by atoms with Gasteiger partial charge in [-0.3, -0.25) is 5.32 Å². The van der Waals surface area contributed by atoms with Crippen molar-refractivity contribution >= 4 is 11.9 Å². The first-order valence-corrected chi connectivity index (χ1v) is 9.23. The van der Waals surface area contributed by atoms with E-state index in [4.69, 9.17) is 9.47 Å². The smallest absolute Gasteiger partial charge is 0.334 e. The largest absolute Gasteiger partial charge is 0.467 e. The molecular formula is C24H23NO4. The summed E-state index contributed by atoms with van der Waals surface area (Å²) in [5.74, 6) is -1.44. The van der Waals surface area contributed by atoms with E-state index in [1.807, 2.05) is 91.0 Å². The van der Waals surface area contributed by atoms with Gasteiger partial charge in [0.1, 0.15) is 0 Å². The average Bonchev–Trinajstić information content (AvgIpc) is 2.81. The summed E-state index contributed by atoms with van der Waals surface area (Å²) in [5, 5.41) is 3.27. The Hall–Kier alpha value is -3.44. The molecule has 0 fully saturated rings. The van der Waals surface area contributed by atoms with E-state index >= 15 is 0 Å². The summed E-state index contributed by atoms with van der Waals surface area (Å²) in [6.07, 6.45) is 0. The van der Waals surface area contributed by atoms with Crippen molar-refractivity contribution in [1.82, 2.24) is 5.32 Å². The normalized spacial score (nSPS) is 11.1. The van der Waals surface area contributed by atoms with E-state index < -0.39 is 23.5 Å². The van der Waals surface area contributed by atoms with Crippen LogP contribution in [-0.2, 0) is 24.6 Å². The van der Waals surface area contributed by atoms with Crippen LogP contribution in [0.1, 0.15) is 16.7 Å². The van der Waals surface area contributed by atoms with Crippen LogP contribution < -0.4 is 5.32 Å². The van der Waals surface area contributed by atoms with Gasteiger partial charge in [0.15, 0.2) is 0 Å². The van der Waals surface area contributed by atoms with Crippen molar-refractivity contribution in [2.24, 2.45) is 0 Å². The molecule has 148 valence electrons. The Morgan fingerprint density at radius 3 is 1.24 bits per heavy atom. The fourth-order valence-electron chi connectivity index (χ4n) is 3.48. The molecule has 29 heavy (non-hydrogen) atoms. The predicted octanol–water partition coefficient (Wildman–Crippen LogP) is 3.28. The first-order chi connectivity index (χ1) is 14.1. The number of carbonyl (C=O) groups is 2.